The van der Waals surface area contributed by atoms with Crippen LogP contribution in [0, 0.1) is 5.92 Å². The van der Waals surface area contributed by atoms with Gasteiger partial charge in [-0.3, -0.25) is 4.79 Å². The molecule has 2 N–H and O–H groups in total. The monoisotopic (exact) mass is 499 g/mol. The quantitative estimate of drug-likeness (QED) is 0.586. The Kier molecular flexibility index (Phi) is 7.66. The maximum absolute atomic E-state index is 12.4. The van der Waals surface area contributed by atoms with E-state index < -0.39 is 0 Å². The van der Waals surface area contributed by atoms with Crippen molar-refractivity contribution in [2.75, 3.05) is 30.9 Å². The standard InChI is InChI=1S/C25H34BrN5O/c1-31(2)24-20-8-4-6-10-22(20)29-25(30-24)28-19-13-11-17(12-14-19)16-27-23(32)15-18-7-3-5-9-21(18)26/h3,5,7,9,17,19H,4,6,8,10-16H2,1-2H3,(H,27,32)(H,28,29,30)/t17-,19+. The Balaban J connectivity index is 1.26. The summed E-state index contributed by atoms with van der Waals surface area (Å²) in [6.07, 6.45) is 9.40. The third-order valence-corrected chi connectivity index (χ3v) is 7.44. The molecule has 6 nitrogen and oxygen atoms in total. The molecule has 1 fully saturated rings. The van der Waals surface area contributed by atoms with Crippen LogP contribution in [0.15, 0.2) is 28.7 Å². The minimum absolute atomic E-state index is 0.0934. The topological polar surface area (TPSA) is 70.2 Å². The van der Waals surface area contributed by atoms with Crippen molar-refractivity contribution in [3.63, 3.8) is 0 Å². The molecule has 32 heavy (non-hydrogen) atoms. The van der Waals surface area contributed by atoms with Crippen LogP contribution >= 0.6 is 15.9 Å². The number of fused-ring (bicyclic) bond motifs is 1. The van der Waals surface area contributed by atoms with E-state index in [1.165, 1.54) is 24.1 Å². The number of anilines is 2. The Hall–Kier alpha value is -2.15. The number of aromatic nitrogens is 2. The molecule has 0 unspecified atom stereocenters. The molecule has 0 radical (unpaired) electrons. The number of hydrogen-bond acceptors (Lipinski definition) is 5. The molecule has 1 amide bonds. The van der Waals surface area contributed by atoms with Gasteiger partial charge >= 0.3 is 0 Å². The van der Waals surface area contributed by atoms with Crippen molar-refractivity contribution in [3.8, 4) is 0 Å². The molecule has 4 rings (SSSR count). The number of carbonyl (C=O) groups excluding carboxylic acids is 1. The van der Waals surface area contributed by atoms with E-state index in [2.05, 4.69) is 45.6 Å². The van der Waals surface area contributed by atoms with Gasteiger partial charge in [-0.05, 0) is 68.9 Å². The van der Waals surface area contributed by atoms with Gasteiger partial charge in [0.1, 0.15) is 5.82 Å². The van der Waals surface area contributed by atoms with Gasteiger partial charge in [0.2, 0.25) is 11.9 Å². The van der Waals surface area contributed by atoms with E-state index in [4.69, 9.17) is 9.97 Å². The average molecular weight is 500 g/mol. The van der Waals surface area contributed by atoms with E-state index in [1.807, 2.05) is 24.3 Å². The first kappa shape index (κ1) is 23.0. The first-order valence-electron chi connectivity index (χ1n) is 11.8. The zero-order valence-electron chi connectivity index (χ0n) is 19.2. The van der Waals surface area contributed by atoms with Crippen molar-refractivity contribution in [2.45, 2.75) is 63.8 Å². The highest BCUT2D eigenvalue weighted by atomic mass is 79.9. The van der Waals surface area contributed by atoms with Gasteiger partial charge in [0.25, 0.3) is 0 Å². The molecule has 0 spiro atoms. The van der Waals surface area contributed by atoms with Crippen molar-refractivity contribution in [1.29, 1.82) is 0 Å². The number of aryl methyl sites for hydroxylation is 1. The summed E-state index contributed by atoms with van der Waals surface area (Å²) < 4.78 is 0.989. The van der Waals surface area contributed by atoms with Crippen molar-refractivity contribution in [2.24, 2.45) is 5.92 Å². The van der Waals surface area contributed by atoms with Crippen molar-refractivity contribution in [3.05, 3.63) is 45.6 Å². The highest BCUT2D eigenvalue weighted by molar-refractivity contribution is 9.10. The molecule has 0 bridgehead atoms. The largest absolute Gasteiger partial charge is 0.362 e. The normalized spacial score (nSPS) is 20.3. The Morgan fingerprint density at radius 2 is 1.84 bits per heavy atom. The first-order valence-corrected chi connectivity index (χ1v) is 12.6. The van der Waals surface area contributed by atoms with Gasteiger partial charge in [-0.25, -0.2) is 4.98 Å². The fourth-order valence-electron chi connectivity index (χ4n) is 4.84. The SMILES string of the molecule is CN(C)c1nc(N[C@H]2CC[C@@H](CNC(=O)Cc3ccccc3Br)CC2)nc2c1CCCC2. The molecule has 2 aliphatic rings. The lowest BCUT2D eigenvalue weighted by atomic mass is 9.86. The van der Waals surface area contributed by atoms with Crippen molar-refractivity contribution >= 4 is 33.6 Å². The molecule has 2 aliphatic carbocycles. The maximum Gasteiger partial charge on any atom is 0.225 e. The van der Waals surface area contributed by atoms with E-state index >= 15 is 0 Å². The predicted molar refractivity (Wildman–Crippen MR) is 133 cm³/mol. The van der Waals surface area contributed by atoms with E-state index in [1.54, 1.807) is 0 Å². The van der Waals surface area contributed by atoms with Crippen LogP contribution in [0.1, 0.15) is 55.3 Å². The summed E-state index contributed by atoms with van der Waals surface area (Å²) in [6.45, 7) is 0.760. The lowest BCUT2D eigenvalue weighted by molar-refractivity contribution is -0.120. The number of nitrogens with one attached hydrogen (secondary N) is 2. The summed E-state index contributed by atoms with van der Waals surface area (Å²) in [4.78, 5) is 24.2. The minimum atomic E-state index is 0.0934. The lowest BCUT2D eigenvalue weighted by Crippen LogP contribution is -2.35. The summed E-state index contributed by atoms with van der Waals surface area (Å²) in [5.41, 5.74) is 3.58. The van der Waals surface area contributed by atoms with E-state index in [9.17, 15) is 4.79 Å². The molecule has 1 aromatic carbocycles. The molecule has 2 aromatic rings. The fraction of sp³-hybridized carbons (Fsp3) is 0.560. The predicted octanol–water partition coefficient (Wildman–Crippen LogP) is 4.51. The molecule has 0 aliphatic heterocycles. The van der Waals surface area contributed by atoms with Crippen LogP contribution in [0.5, 0.6) is 0 Å². The molecular formula is C25H34BrN5O. The second kappa shape index (κ2) is 10.6. The molecule has 172 valence electrons. The van der Waals surface area contributed by atoms with Gasteiger partial charge in [-0.1, -0.05) is 34.1 Å². The lowest BCUT2D eigenvalue weighted by Gasteiger charge is -2.30. The van der Waals surface area contributed by atoms with Crippen LogP contribution in [0.3, 0.4) is 0 Å². The summed E-state index contributed by atoms with van der Waals surface area (Å²) in [5, 5.41) is 6.75. The third kappa shape index (κ3) is 5.80. The number of carbonyl (C=O) groups is 1. The van der Waals surface area contributed by atoms with Gasteiger partial charge in [-0.15, -0.1) is 0 Å². The summed E-state index contributed by atoms with van der Waals surface area (Å²) >= 11 is 3.52. The minimum Gasteiger partial charge on any atom is -0.362 e. The second-order valence-electron chi connectivity index (χ2n) is 9.33. The molecule has 1 heterocycles. The number of benzene rings is 1. The highest BCUT2D eigenvalue weighted by Gasteiger charge is 2.24. The smallest absolute Gasteiger partial charge is 0.225 e. The van der Waals surface area contributed by atoms with E-state index in [0.717, 1.165) is 66.9 Å². The van der Waals surface area contributed by atoms with Crippen LogP contribution in [-0.4, -0.2) is 42.6 Å². The molecule has 1 aromatic heterocycles. The van der Waals surface area contributed by atoms with Crippen LogP contribution in [0.4, 0.5) is 11.8 Å². The Morgan fingerprint density at radius 1 is 1.09 bits per heavy atom. The zero-order chi connectivity index (χ0) is 22.5. The first-order chi connectivity index (χ1) is 15.5. The number of hydrogen-bond donors (Lipinski definition) is 2. The van der Waals surface area contributed by atoms with Crippen LogP contribution in [0.25, 0.3) is 0 Å². The number of amides is 1. The third-order valence-electron chi connectivity index (χ3n) is 6.66. The van der Waals surface area contributed by atoms with E-state index in [-0.39, 0.29) is 5.91 Å². The Morgan fingerprint density at radius 3 is 2.59 bits per heavy atom. The number of halogens is 1. The van der Waals surface area contributed by atoms with Gasteiger partial charge in [-0.2, -0.15) is 4.98 Å². The van der Waals surface area contributed by atoms with Gasteiger partial charge in [0.15, 0.2) is 0 Å². The fourth-order valence-corrected chi connectivity index (χ4v) is 5.26. The van der Waals surface area contributed by atoms with Crippen LogP contribution in [-0.2, 0) is 24.1 Å². The van der Waals surface area contributed by atoms with Crippen LogP contribution < -0.4 is 15.5 Å². The summed E-state index contributed by atoms with van der Waals surface area (Å²) in [6, 6.07) is 8.30. The number of rotatable bonds is 7. The highest BCUT2D eigenvalue weighted by Crippen LogP contribution is 2.30. The molecule has 1 saturated carbocycles. The van der Waals surface area contributed by atoms with Gasteiger partial charge < -0.3 is 15.5 Å². The molecular weight excluding hydrogens is 466 g/mol. The number of nitrogens with zero attached hydrogens (tertiary/aromatic N) is 3. The van der Waals surface area contributed by atoms with Gasteiger partial charge in [0.05, 0.1) is 12.1 Å². The zero-order valence-corrected chi connectivity index (χ0v) is 20.7. The van der Waals surface area contributed by atoms with Crippen LogP contribution in [0.2, 0.25) is 0 Å². The average Bonchev–Trinajstić information content (AvgIpc) is 2.79. The Labute approximate surface area is 199 Å². The summed E-state index contributed by atoms with van der Waals surface area (Å²) in [7, 11) is 4.13. The maximum atomic E-state index is 12.4. The molecule has 0 saturated heterocycles. The Bertz CT molecular complexity index is 940. The second-order valence-corrected chi connectivity index (χ2v) is 10.2. The summed E-state index contributed by atoms with van der Waals surface area (Å²) in [5.74, 6) is 2.48. The van der Waals surface area contributed by atoms with Crippen molar-refractivity contribution < 1.29 is 4.79 Å². The molecule has 7 heteroatoms. The van der Waals surface area contributed by atoms with Crippen molar-refractivity contribution in [1.82, 2.24) is 15.3 Å². The molecule has 0 atom stereocenters. The van der Waals surface area contributed by atoms with E-state index in [0.29, 0.717) is 18.4 Å². The van der Waals surface area contributed by atoms with Gasteiger partial charge in [0, 0.05) is 36.7 Å².